The molecule has 5 nitrogen and oxygen atoms in total. The maximum absolute atomic E-state index is 12.1. The number of ether oxygens (including phenoxy) is 1. The molecule has 0 saturated carbocycles. The first-order valence-electron chi connectivity index (χ1n) is 8.47. The summed E-state index contributed by atoms with van der Waals surface area (Å²) in [5.74, 6) is 0.393. The molecule has 1 saturated heterocycles. The highest BCUT2D eigenvalue weighted by atomic mass is 32.2. The first kappa shape index (κ1) is 18.3. The number of rotatable bonds is 7. The fourth-order valence-corrected chi connectivity index (χ4v) is 3.67. The summed E-state index contributed by atoms with van der Waals surface area (Å²) in [4.78, 5) is 39.3. The van der Waals surface area contributed by atoms with Crippen LogP contribution in [0.25, 0.3) is 0 Å². The van der Waals surface area contributed by atoms with Crippen LogP contribution in [-0.2, 0) is 22.4 Å². The number of hydrogen-bond acceptors (Lipinski definition) is 6. The van der Waals surface area contributed by atoms with Crippen molar-refractivity contribution in [1.82, 2.24) is 4.98 Å². The van der Waals surface area contributed by atoms with E-state index in [2.05, 4.69) is 4.98 Å². The van der Waals surface area contributed by atoms with Crippen molar-refractivity contribution in [2.45, 2.75) is 31.4 Å². The molecular formula is C20H19NO4S. The van der Waals surface area contributed by atoms with Crippen molar-refractivity contribution < 1.29 is 19.1 Å². The van der Waals surface area contributed by atoms with E-state index in [0.29, 0.717) is 17.9 Å². The van der Waals surface area contributed by atoms with Crippen molar-refractivity contribution in [1.29, 1.82) is 0 Å². The summed E-state index contributed by atoms with van der Waals surface area (Å²) in [6, 6.07) is 10.8. The first-order valence-corrected chi connectivity index (χ1v) is 9.35. The Hall–Kier alpha value is -2.47. The quantitative estimate of drug-likeness (QED) is 0.552. The largest absolute Gasteiger partial charge is 0.485 e. The van der Waals surface area contributed by atoms with Crippen LogP contribution in [0.15, 0.2) is 42.6 Å². The van der Waals surface area contributed by atoms with E-state index < -0.39 is 0 Å². The molecule has 1 unspecified atom stereocenters. The molecule has 0 aliphatic carbocycles. The summed E-state index contributed by atoms with van der Waals surface area (Å²) in [5.41, 5.74) is 2.43. The molecule has 6 heteroatoms. The van der Waals surface area contributed by atoms with Crippen molar-refractivity contribution in [3.8, 4) is 5.75 Å². The third-order valence-corrected chi connectivity index (χ3v) is 5.31. The summed E-state index contributed by atoms with van der Waals surface area (Å²) in [6.45, 7) is 1.95. The Balaban J connectivity index is 1.53. The minimum atomic E-state index is -0.284. The normalized spacial score (nSPS) is 16.7. The van der Waals surface area contributed by atoms with E-state index in [-0.39, 0.29) is 35.0 Å². The smallest absolute Gasteiger partial charge is 0.218 e. The average Bonchev–Trinajstić information content (AvgIpc) is 2.98. The molecule has 2 heterocycles. The molecular weight excluding hydrogens is 350 g/mol. The summed E-state index contributed by atoms with van der Waals surface area (Å²) < 4.78 is 5.53. The minimum Gasteiger partial charge on any atom is -0.485 e. The molecule has 1 atom stereocenters. The fraction of sp³-hybridized carbons (Fsp3) is 0.300. The summed E-state index contributed by atoms with van der Waals surface area (Å²) in [5, 5.41) is -0.341. The highest BCUT2D eigenvalue weighted by Crippen LogP contribution is 2.28. The zero-order valence-electron chi connectivity index (χ0n) is 14.4. The Labute approximate surface area is 156 Å². The molecule has 0 bridgehead atoms. The summed E-state index contributed by atoms with van der Waals surface area (Å²) in [6.07, 6.45) is 3.15. The van der Waals surface area contributed by atoms with Crippen molar-refractivity contribution >= 4 is 28.4 Å². The van der Waals surface area contributed by atoms with E-state index >= 15 is 0 Å². The van der Waals surface area contributed by atoms with Crippen LogP contribution in [0.2, 0.25) is 0 Å². The summed E-state index contributed by atoms with van der Waals surface area (Å²) in [7, 11) is 0. The van der Waals surface area contributed by atoms with Crippen molar-refractivity contribution in [2.24, 2.45) is 0 Å². The predicted molar refractivity (Wildman–Crippen MR) is 99.6 cm³/mol. The van der Waals surface area contributed by atoms with E-state index in [1.165, 1.54) is 0 Å². The van der Waals surface area contributed by atoms with Crippen LogP contribution in [0.5, 0.6) is 5.75 Å². The molecule has 0 radical (unpaired) electrons. The molecule has 0 amide bonds. The molecule has 2 aromatic rings. The topological polar surface area (TPSA) is 73.3 Å². The molecule has 1 fully saturated rings. The Kier molecular flexibility index (Phi) is 5.83. The van der Waals surface area contributed by atoms with Crippen LogP contribution < -0.4 is 4.74 Å². The average molecular weight is 369 g/mol. The van der Waals surface area contributed by atoms with Crippen LogP contribution >= 0.6 is 11.8 Å². The van der Waals surface area contributed by atoms with E-state index in [4.69, 9.17) is 4.74 Å². The number of carbonyl (C=O) groups is 3. The third kappa shape index (κ3) is 4.58. The lowest BCUT2D eigenvalue weighted by molar-refractivity contribution is -0.121. The predicted octanol–water partition coefficient (Wildman–Crippen LogP) is 3.05. The van der Waals surface area contributed by atoms with Gasteiger partial charge in [-0.2, -0.15) is 0 Å². The monoisotopic (exact) mass is 369 g/mol. The molecule has 1 aliphatic rings. The molecule has 0 N–H and O–H groups in total. The van der Waals surface area contributed by atoms with Gasteiger partial charge in [0.15, 0.2) is 17.5 Å². The molecule has 3 rings (SSSR count). The third-order valence-electron chi connectivity index (χ3n) is 4.18. The van der Waals surface area contributed by atoms with Crippen molar-refractivity contribution in [2.75, 3.05) is 6.61 Å². The Morgan fingerprint density at radius 1 is 1.15 bits per heavy atom. The first-order chi connectivity index (χ1) is 12.5. The van der Waals surface area contributed by atoms with E-state index in [1.54, 1.807) is 24.4 Å². The molecule has 1 aliphatic heterocycles. The number of benzene rings is 1. The van der Waals surface area contributed by atoms with Gasteiger partial charge in [-0.25, -0.2) is 0 Å². The molecule has 1 aromatic heterocycles. The standard InChI is InChI=1S/C20H19NO4S/c1-2-13-5-8-16(21-11-13)18(23)12-25-15-6-3-14(4-7-15)9-19-17(22)10-20(24)26-19/h3-8,11,19H,2,9-10,12H2,1H3. The maximum atomic E-state index is 12.1. The fourth-order valence-electron chi connectivity index (χ4n) is 2.63. The number of Topliss-reactive ketones (excluding diaryl/α,β-unsaturated/α-hetero) is 2. The van der Waals surface area contributed by atoms with Crippen LogP contribution in [0.1, 0.15) is 35.0 Å². The Morgan fingerprint density at radius 3 is 2.46 bits per heavy atom. The van der Waals surface area contributed by atoms with E-state index in [0.717, 1.165) is 29.3 Å². The number of aryl methyl sites for hydroxylation is 1. The zero-order chi connectivity index (χ0) is 18.5. The molecule has 1 aromatic carbocycles. The van der Waals surface area contributed by atoms with Gasteiger partial charge >= 0.3 is 0 Å². The van der Waals surface area contributed by atoms with Crippen molar-refractivity contribution in [3.63, 3.8) is 0 Å². The lowest BCUT2D eigenvalue weighted by Crippen LogP contribution is -2.14. The number of ketones is 2. The van der Waals surface area contributed by atoms with Crippen LogP contribution in [0, 0.1) is 0 Å². The Bertz CT molecular complexity index is 815. The van der Waals surface area contributed by atoms with Crippen LogP contribution in [-0.4, -0.2) is 33.5 Å². The highest BCUT2D eigenvalue weighted by molar-refractivity contribution is 8.15. The highest BCUT2D eigenvalue weighted by Gasteiger charge is 2.31. The van der Waals surface area contributed by atoms with Gasteiger partial charge in [0.1, 0.15) is 11.4 Å². The van der Waals surface area contributed by atoms with Gasteiger partial charge in [-0.3, -0.25) is 19.4 Å². The molecule has 0 spiro atoms. The van der Waals surface area contributed by atoms with Gasteiger partial charge < -0.3 is 4.74 Å². The lowest BCUT2D eigenvalue weighted by atomic mass is 10.1. The van der Waals surface area contributed by atoms with Gasteiger partial charge in [0.25, 0.3) is 0 Å². The maximum Gasteiger partial charge on any atom is 0.218 e. The number of pyridine rings is 1. The van der Waals surface area contributed by atoms with Gasteiger partial charge in [-0.1, -0.05) is 36.9 Å². The summed E-state index contributed by atoms with van der Waals surface area (Å²) >= 11 is 1.12. The number of nitrogens with zero attached hydrogens (tertiary/aromatic N) is 1. The van der Waals surface area contributed by atoms with Gasteiger partial charge in [0.2, 0.25) is 5.78 Å². The van der Waals surface area contributed by atoms with Gasteiger partial charge in [0, 0.05) is 6.20 Å². The lowest BCUT2D eigenvalue weighted by Gasteiger charge is -2.09. The van der Waals surface area contributed by atoms with E-state index in [1.807, 2.05) is 25.1 Å². The second-order valence-corrected chi connectivity index (χ2v) is 7.35. The van der Waals surface area contributed by atoms with E-state index in [9.17, 15) is 14.4 Å². The van der Waals surface area contributed by atoms with Crippen molar-refractivity contribution in [3.05, 3.63) is 59.4 Å². The van der Waals surface area contributed by atoms with Gasteiger partial charge in [-0.05, 0) is 42.2 Å². The number of hydrogen-bond donors (Lipinski definition) is 0. The van der Waals surface area contributed by atoms with Gasteiger partial charge in [-0.15, -0.1) is 0 Å². The second-order valence-electron chi connectivity index (χ2n) is 6.09. The van der Waals surface area contributed by atoms with Crippen LogP contribution in [0.4, 0.5) is 0 Å². The Morgan fingerprint density at radius 2 is 1.88 bits per heavy atom. The number of thioether (sulfide) groups is 1. The number of aromatic nitrogens is 1. The zero-order valence-corrected chi connectivity index (χ0v) is 15.3. The number of carbonyl (C=O) groups excluding carboxylic acids is 3. The molecule has 26 heavy (non-hydrogen) atoms. The minimum absolute atomic E-state index is 0.00693. The van der Waals surface area contributed by atoms with Crippen LogP contribution in [0.3, 0.4) is 0 Å². The second kappa shape index (κ2) is 8.27. The van der Waals surface area contributed by atoms with Gasteiger partial charge in [0.05, 0.1) is 11.7 Å². The molecule has 134 valence electrons. The SMILES string of the molecule is CCc1ccc(C(=O)COc2ccc(CC3SC(=O)CC3=O)cc2)nc1.